The molecule has 0 aliphatic carbocycles. The zero-order valence-corrected chi connectivity index (χ0v) is 10.8. The van der Waals surface area contributed by atoms with Crippen LogP contribution in [0.1, 0.15) is 36.5 Å². The van der Waals surface area contributed by atoms with Gasteiger partial charge in [0.05, 0.1) is 5.66 Å². The molecule has 1 fully saturated rings. The van der Waals surface area contributed by atoms with Crippen LogP contribution >= 0.6 is 12.4 Å². The van der Waals surface area contributed by atoms with Crippen LogP contribution in [0.5, 0.6) is 0 Å². The molecule has 0 spiro atoms. The smallest absolute Gasteiger partial charge is 0.150 e. The van der Waals surface area contributed by atoms with Gasteiger partial charge in [0.15, 0.2) is 0 Å². The van der Waals surface area contributed by atoms with Gasteiger partial charge in [-0.25, -0.2) is 0 Å². The lowest BCUT2D eigenvalue weighted by atomic mass is 9.99. The molecule has 1 saturated heterocycles. The molecule has 0 aromatic heterocycles. The van der Waals surface area contributed by atoms with E-state index in [2.05, 4.69) is 17.6 Å². The SMILES string of the molecule is C[C@]1(Nc2ccc(C=O)cc2)CCCCN1.Cl. The van der Waals surface area contributed by atoms with Crippen LogP contribution in [0.4, 0.5) is 5.69 Å². The molecule has 1 aliphatic rings. The maximum atomic E-state index is 10.5. The van der Waals surface area contributed by atoms with E-state index in [0.717, 1.165) is 24.9 Å². The molecule has 0 bridgehead atoms. The Balaban J connectivity index is 0.00000144. The van der Waals surface area contributed by atoms with Gasteiger partial charge in [0.25, 0.3) is 0 Å². The second kappa shape index (κ2) is 6.03. The van der Waals surface area contributed by atoms with Crippen molar-refractivity contribution in [3.05, 3.63) is 29.8 Å². The van der Waals surface area contributed by atoms with E-state index in [1.165, 1.54) is 12.8 Å². The van der Waals surface area contributed by atoms with Gasteiger partial charge in [-0.05, 0) is 57.0 Å². The zero-order valence-electron chi connectivity index (χ0n) is 10.0. The number of halogens is 1. The van der Waals surface area contributed by atoms with Crippen LogP contribution in [0.15, 0.2) is 24.3 Å². The highest BCUT2D eigenvalue weighted by Crippen LogP contribution is 2.21. The summed E-state index contributed by atoms with van der Waals surface area (Å²) in [5.41, 5.74) is 1.76. The molecule has 2 rings (SSSR count). The number of carbonyl (C=O) groups excluding carboxylic acids is 1. The third-order valence-corrected chi connectivity index (χ3v) is 3.09. The van der Waals surface area contributed by atoms with Crippen LogP contribution in [0.25, 0.3) is 0 Å². The molecule has 17 heavy (non-hydrogen) atoms. The second-order valence-electron chi connectivity index (χ2n) is 4.58. The first kappa shape index (κ1) is 14.0. The first-order chi connectivity index (χ1) is 7.72. The van der Waals surface area contributed by atoms with Crippen molar-refractivity contribution in [3.63, 3.8) is 0 Å². The van der Waals surface area contributed by atoms with Crippen molar-refractivity contribution >= 4 is 24.4 Å². The fraction of sp³-hybridized carbons (Fsp3) is 0.462. The highest BCUT2D eigenvalue weighted by Gasteiger charge is 2.25. The number of nitrogens with one attached hydrogen (secondary N) is 2. The lowest BCUT2D eigenvalue weighted by Crippen LogP contribution is -2.52. The van der Waals surface area contributed by atoms with Gasteiger partial charge in [0, 0.05) is 11.3 Å². The summed E-state index contributed by atoms with van der Waals surface area (Å²) in [5, 5.41) is 6.97. The Morgan fingerprint density at radius 2 is 2.00 bits per heavy atom. The number of benzene rings is 1. The molecule has 0 amide bonds. The minimum absolute atomic E-state index is 0. The summed E-state index contributed by atoms with van der Waals surface area (Å²) in [5.74, 6) is 0. The molecule has 1 aliphatic heterocycles. The summed E-state index contributed by atoms with van der Waals surface area (Å²) in [4.78, 5) is 10.5. The van der Waals surface area contributed by atoms with Gasteiger partial charge in [-0.2, -0.15) is 0 Å². The maximum absolute atomic E-state index is 10.5. The van der Waals surface area contributed by atoms with Crippen molar-refractivity contribution in [2.45, 2.75) is 31.8 Å². The lowest BCUT2D eigenvalue weighted by Gasteiger charge is -2.36. The summed E-state index contributed by atoms with van der Waals surface area (Å²) in [6.45, 7) is 3.25. The van der Waals surface area contributed by atoms with Gasteiger partial charge in [0.1, 0.15) is 6.29 Å². The van der Waals surface area contributed by atoms with Crippen molar-refractivity contribution in [1.29, 1.82) is 0 Å². The van der Waals surface area contributed by atoms with Gasteiger partial charge in [-0.1, -0.05) is 0 Å². The van der Waals surface area contributed by atoms with Crippen LogP contribution < -0.4 is 10.6 Å². The normalized spacial score (nSPS) is 23.6. The van der Waals surface area contributed by atoms with Gasteiger partial charge in [-0.3, -0.25) is 10.1 Å². The predicted molar refractivity (Wildman–Crippen MR) is 73.0 cm³/mol. The Kier molecular flexibility index (Phi) is 4.97. The van der Waals surface area contributed by atoms with Crippen molar-refractivity contribution in [2.75, 3.05) is 11.9 Å². The molecule has 1 aromatic carbocycles. The summed E-state index contributed by atoms with van der Waals surface area (Å²) in [6, 6.07) is 7.57. The Labute approximate surface area is 108 Å². The van der Waals surface area contributed by atoms with Crippen LogP contribution in [-0.4, -0.2) is 18.5 Å². The largest absolute Gasteiger partial charge is 0.367 e. The molecule has 0 radical (unpaired) electrons. The van der Waals surface area contributed by atoms with E-state index in [1.54, 1.807) is 0 Å². The van der Waals surface area contributed by atoms with Crippen LogP contribution in [0, 0.1) is 0 Å². The summed E-state index contributed by atoms with van der Waals surface area (Å²) in [7, 11) is 0. The average Bonchev–Trinajstić information content (AvgIpc) is 2.30. The first-order valence-corrected chi connectivity index (χ1v) is 5.80. The van der Waals surface area contributed by atoms with Crippen molar-refractivity contribution in [1.82, 2.24) is 5.32 Å². The van der Waals surface area contributed by atoms with E-state index in [-0.39, 0.29) is 18.1 Å². The van der Waals surface area contributed by atoms with Crippen molar-refractivity contribution in [2.24, 2.45) is 0 Å². The maximum Gasteiger partial charge on any atom is 0.150 e. The summed E-state index contributed by atoms with van der Waals surface area (Å²) >= 11 is 0. The fourth-order valence-electron chi connectivity index (χ4n) is 2.13. The van der Waals surface area contributed by atoms with Gasteiger partial charge < -0.3 is 5.32 Å². The molecule has 94 valence electrons. The molecular weight excluding hydrogens is 236 g/mol. The quantitative estimate of drug-likeness (QED) is 0.815. The zero-order chi connectivity index (χ0) is 11.4. The Hall–Kier alpha value is -1.06. The predicted octanol–water partition coefficient (Wildman–Crippen LogP) is 2.82. The molecule has 0 saturated carbocycles. The second-order valence-corrected chi connectivity index (χ2v) is 4.58. The molecule has 2 N–H and O–H groups in total. The fourth-order valence-corrected chi connectivity index (χ4v) is 2.13. The van der Waals surface area contributed by atoms with Crippen LogP contribution in [0.2, 0.25) is 0 Å². The highest BCUT2D eigenvalue weighted by atomic mass is 35.5. The number of carbonyl (C=O) groups is 1. The van der Waals surface area contributed by atoms with E-state index in [9.17, 15) is 4.79 Å². The number of rotatable bonds is 3. The summed E-state index contributed by atoms with van der Waals surface area (Å²) < 4.78 is 0. The van der Waals surface area contributed by atoms with Gasteiger partial charge in [-0.15, -0.1) is 12.4 Å². The van der Waals surface area contributed by atoms with Gasteiger partial charge >= 0.3 is 0 Å². The van der Waals surface area contributed by atoms with E-state index in [0.29, 0.717) is 5.56 Å². The molecular formula is C13H19ClN2O. The molecule has 1 heterocycles. The Morgan fingerprint density at radius 3 is 2.53 bits per heavy atom. The van der Waals surface area contributed by atoms with Crippen LogP contribution in [-0.2, 0) is 0 Å². The molecule has 1 atom stereocenters. The number of hydrogen-bond donors (Lipinski definition) is 2. The van der Waals surface area contributed by atoms with E-state index in [4.69, 9.17) is 0 Å². The van der Waals surface area contributed by atoms with Gasteiger partial charge in [0.2, 0.25) is 0 Å². The van der Waals surface area contributed by atoms with E-state index in [1.807, 2.05) is 24.3 Å². The third kappa shape index (κ3) is 3.72. The number of anilines is 1. The first-order valence-electron chi connectivity index (χ1n) is 5.80. The summed E-state index contributed by atoms with van der Waals surface area (Å²) in [6.07, 6.45) is 4.50. The standard InChI is InChI=1S/C13H18N2O.ClH/c1-13(8-2-3-9-14-13)15-12-6-4-11(10-16)5-7-12;/h4-7,10,14-15H,2-3,8-9H2,1H3;1H/t13-;/m0./s1. The lowest BCUT2D eigenvalue weighted by molar-refractivity contribution is 0.112. The molecule has 4 heteroatoms. The Bertz CT molecular complexity index is 358. The van der Waals surface area contributed by atoms with Crippen LogP contribution in [0.3, 0.4) is 0 Å². The topological polar surface area (TPSA) is 41.1 Å². The van der Waals surface area contributed by atoms with E-state index < -0.39 is 0 Å². The monoisotopic (exact) mass is 254 g/mol. The van der Waals surface area contributed by atoms with Crippen molar-refractivity contribution in [3.8, 4) is 0 Å². The number of hydrogen-bond acceptors (Lipinski definition) is 3. The highest BCUT2D eigenvalue weighted by molar-refractivity contribution is 5.85. The minimum atomic E-state index is -0.0130. The minimum Gasteiger partial charge on any atom is -0.367 e. The molecule has 1 aromatic rings. The molecule has 0 unspecified atom stereocenters. The third-order valence-electron chi connectivity index (χ3n) is 3.09. The van der Waals surface area contributed by atoms with E-state index >= 15 is 0 Å². The number of piperidine rings is 1. The molecule has 3 nitrogen and oxygen atoms in total. The Morgan fingerprint density at radius 1 is 1.29 bits per heavy atom. The van der Waals surface area contributed by atoms with Crippen molar-refractivity contribution < 1.29 is 4.79 Å². The number of aldehydes is 1. The average molecular weight is 255 g/mol.